The number of sulfone groups is 1. The van der Waals surface area contributed by atoms with Crippen molar-refractivity contribution in [3.05, 3.63) is 24.0 Å². The molecule has 1 atom stereocenters. The molecule has 1 unspecified atom stereocenters. The third kappa shape index (κ3) is 3.58. The molecule has 2 heterocycles. The van der Waals surface area contributed by atoms with Gasteiger partial charge in [0.25, 0.3) is 5.91 Å². The Kier molecular flexibility index (Phi) is 5.05. The predicted octanol–water partition coefficient (Wildman–Crippen LogP) is 1.19. The van der Waals surface area contributed by atoms with Crippen LogP contribution in [0.5, 0.6) is 0 Å². The molecule has 7 heteroatoms. The van der Waals surface area contributed by atoms with Crippen LogP contribution in [0.4, 0.5) is 5.69 Å². The number of anilines is 1. The second-order valence-electron chi connectivity index (χ2n) is 5.54. The molecule has 22 heavy (non-hydrogen) atoms. The van der Waals surface area contributed by atoms with Gasteiger partial charge < -0.3 is 9.80 Å². The normalized spacial score (nSPS) is 19.9. The molecular formula is C15H23N3O3S. The van der Waals surface area contributed by atoms with Gasteiger partial charge in [0.1, 0.15) is 5.69 Å². The van der Waals surface area contributed by atoms with Crippen LogP contribution in [0.1, 0.15) is 30.8 Å². The molecule has 0 saturated carbocycles. The van der Waals surface area contributed by atoms with Crippen molar-refractivity contribution in [3.63, 3.8) is 0 Å². The molecule has 2 rings (SSSR count). The van der Waals surface area contributed by atoms with Crippen molar-refractivity contribution in [2.24, 2.45) is 0 Å². The topological polar surface area (TPSA) is 70.6 Å². The number of hydrogen-bond donors (Lipinski definition) is 0. The summed E-state index contributed by atoms with van der Waals surface area (Å²) in [5, 5.41) is 0. The minimum atomic E-state index is -2.93. The Bertz CT molecular complexity index is 641. The van der Waals surface area contributed by atoms with Crippen LogP contribution in [-0.2, 0) is 9.84 Å². The molecule has 6 nitrogen and oxygen atoms in total. The summed E-state index contributed by atoms with van der Waals surface area (Å²) in [6.07, 6.45) is 2.23. The molecule has 1 fully saturated rings. The van der Waals surface area contributed by atoms with E-state index in [-0.39, 0.29) is 23.5 Å². The van der Waals surface area contributed by atoms with E-state index in [0.717, 1.165) is 5.69 Å². The van der Waals surface area contributed by atoms with Crippen molar-refractivity contribution in [1.82, 2.24) is 9.88 Å². The van der Waals surface area contributed by atoms with Gasteiger partial charge in [-0.05, 0) is 32.4 Å². The number of carbonyl (C=O) groups excluding carboxylic acids is 1. The molecule has 0 aromatic carbocycles. The second-order valence-corrected chi connectivity index (χ2v) is 7.77. The van der Waals surface area contributed by atoms with Crippen molar-refractivity contribution in [2.75, 3.05) is 36.5 Å². The summed E-state index contributed by atoms with van der Waals surface area (Å²) in [4.78, 5) is 20.2. The number of hydrogen-bond acceptors (Lipinski definition) is 5. The van der Waals surface area contributed by atoms with Crippen LogP contribution in [0, 0.1) is 0 Å². The van der Waals surface area contributed by atoms with E-state index in [1.54, 1.807) is 17.2 Å². The maximum Gasteiger partial charge on any atom is 0.272 e. The largest absolute Gasteiger partial charge is 0.370 e. The highest BCUT2D eigenvalue weighted by Crippen LogP contribution is 2.23. The number of rotatable bonds is 5. The zero-order valence-corrected chi connectivity index (χ0v) is 14.1. The zero-order chi connectivity index (χ0) is 16.3. The van der Waals surface area contributed by atoms with Crippen LogP contribution in [-0.4, -0.2) is 61.9 Å². The lowest BCUT2D eigenvalue weighted by Crippen LogP contribution is -2.34. The van der Waals surface area contributed by atoms with Crippen molar-refractivity contribution < 1.29 is 13.2 Å². The summed E-state index contributed by atoms with van der Waals surface area (Å²) < 4.78 is 23.2. The molecule has 1 aliphatic heterocycles. The van der Waals surface area contributed by atoms with Gasteiger partial charge >= 0.3 is 0 Å². The predicted molar refractivity (Wildman–Crippen MR) is 87.0 cm³/mol. The Labute approximate surface area is 132 Å². The number of carbonyl (C=O) groups is 1. The summed E-state index contributed by atoms with van der Waals surface area (Å²) in [6.45, 7) is 5.14. The molecule has 1 saturated heterocycles. The van der Waals surface area contributed by atoms with E-state index in [1.807, 2.05) is 31.9 Å². The standard InChI is InChI=1S/C15H23N3O3S/c1-4-18(5-2)15(19)14-10-12(6-8-16-14)17(3)13-7-9-22(20,21)11-13/h6,8,10,13H,4-5,7,9,11H2,1-3H3. The first kappa shape index (κ1) is 16.7. The van der Waals surface area contributed by atoms with Crippen LogP contribution in [0.15, 0.2) is 18.3 Å². The SMILES string of the molecule is CCN(CC)C(=O)c1cc(N(C)C2CCS(=O)(=O)C2)ccn1. The number of pyridine rings is 1. The van der Waals surface area contributed by atoms with E-state index in [2.05, 4.69) is 4.98 Å². The van der Waals surface area contributed by atoms with Crippen LogP contribution in [0.2, 0.25) is 0 Å². The lowest BCUT2D eigenvalue weighted by atomic mass is 10.2. The van der Waals surface area contributed by atoms with E-state index in [9.17, 15) is 13.2 Å². The third-order valence-electron chi connectivity index (χ3n) is 4.18. The van der Waals surface area contributed by atoms with Gasteiger partial charge in [-0.2, -0.15) is 0 Å². The molecule has 1 amide bonds. The fourth-order valence-electron chi connectivity index (χ4n) is 2.72. The molecule has 1 aromatic rings. The van der Waals surface area contributed by atoms with E-state index in [4.69, 9.17) is 0 Å². The van der Waals surface area contributed by atoms with Gasteiger partial charge in [0.15, 0.2) is 9.84 Å². The van der Waals surface area contributed by atoms with Gasteiger partial charge in [-0.3, -0.25) is 9.78 Å². The molecule has 1 aliphatic rings. The van der Waals surface area contributed by atoms with Crippen molar-refractivity contribution in [3.8, 4) is 0 Å². The Morgan fingerprint density at radius 3 is 2.59 bits per heavy atom. The van der Waals surface area contributed by atoms with E-state index >= 15 is 0 Å². The maximum atomic E-state index is 12.4. The van der Waals surface area contributed by atoms with E-state index in [1.165, 1.54) is 0 Å². The minimum Gasteiger partial charge on any atom is -0.370 e. The summed E-state index contributed by atoms with van der Waals surface area (Å²) in [7, 11) is -1.06. The Balaban J connectivity index is 2.19. The summed E-state index contributed by atoms with van der Waals surface area (Å²) >= 11 is 0. The van der Waals surface area contributed by atoms with E-state index < -0.39 is 9.84 Å². The van der Waals surface area contributed by atoms with Gasteiger partial charge in [-0.1, -0.05) is 0 Å². The summed E-state index contributed by atoms with van der Waals surface area (Å²) in [5.41, 5.74) is 1.22. The first-order valence-corrected chi connectivity index (χ1v) is 9.38. The fraction of sp³-hybridized carbons (Fsp3) is 0.600. The van der Waals surface area contributed by atoms with Gasteiger partial charge in [0.2, 0.25) is 0 Å². The number of amides is 1. The molecule has 0 bridgehead atoms. The number of aromatic nitrogens is 1. The monoisotopic (exact) mass is 325 g/mol. The fourth-order valence-corrected chi connectivity index (χ4v) is 4.49. The quantitative estimate of drug-likeness (QED) is 0.813. The van der Waals surface area contributed by atoms with Crippen molar-refractivity contribution in [1.29, 1.82) is 0 Å². The average molecular weight is 325 g/mol. The highest BCUT2D eigenvalue weighted by molar-refractivity contribution is 7.91. The molecule has 0 N–H and O–H groups in total. The lowest BCUT2D eigenvalue weighted by molar-refractivity contribution is 0.0767. The first-order chi connectivity index (χ1) is 10.4. The van der Waals surface area contributed by atoms with Gasteiger partial charge in [0, 0.05) is 38.1 Å². The smallest absolute Gasteiger partial charge is 0.272 e. The lowest BCUT2D eigenvalue weighted by Gasteiger charge is -2.26. The molecule has 0 spiro atoms. The Morgan fingerprint density at radius 1 is 1.36 bits per heavy atom. The van der Waals surface area contributed by atoms with Gasteiger partial charge in [-0.25, -0.2) is 8.42 Å². The molecular weight excluding hydrogens is 302 g/mol. The molecule has 0 aliphatic carbocycles. The molecule has 1 aromatic heterocycles. The highest BCUT2D eigenvalue weighted by Gasteiger charge is 2.31. The van der Waals surface area contributed by atoms with Crippen molar-refractivity contribution >= 4 is 21.4 Å². The van der Waals surface area contributed by atoms with Crippen LogP contribution in [0.25, 0.3) is 0 Å². The van der Waals surface area contributed by atoms with Crippen LogP contribution >= 0.6 is 0 Å². The van der Waals surface area contributed by atoms with Crippen molar-refractivity contribution in [2.45, 2.75) is 26.3 Å². The van der Waals surface area contributed by atoms with Gasteiger partial charge in [-0.15, -0.1) is 0 Å². The summed E-state index contributed by atoms with van der Waals surface area (Å²) in [5.74, 6) is 0.308. The molecule has 122 valence electrons. The maximum absolute atomic E-state index is 12.4. The molecule has 0 radical (unpaired) electrons. The first-order valence-electron chi connectivity index (χ1n) is 7.56. The van der Waals surface area contributed by atoms with Gasteiger partial charge in [0.05, 0.1) is 11.5 Å². The number of nitrogens with zero attached hydrogens (tertiary/aromatic N) is 3. The third-order valence-corrected chi connectivity index (χ3v) is 5.93. The zero-order valence-electron chi connectivity index (χ0n) is 13.3. The average Bonchev–Trinajstić information content (AvgIpc) is 2.88. The van der Waals surface area contributed by atoms with Crippen LogP contribution in [0.3, 0.4) is 0 Å². The second kappa shape index (κ2) is 6.64. The Hall–Kier alpha value is -1.63. The Morgan fingerprint density at radius 2 is 2.05 bits per heavy atom. The van der Waals surface area contributed by atoms with E-state index in [0.29, 0.717) is 25.2 Å². The summed E-state index contributed by atoms with van der Waals surface area (Å²) in [6, 6.07) is 3.51. The minimum absolute atomic E-state index is 0.0381. The van der Waals surface area contributed by atoms with Crippen LogP contribution < -0.4 is 4.90 Å². The highest BCUT2D eigenvalue weighted by atomic mass is 32.2.